The Bertz CT molecular complexity index is 3490. The van der Waals surface area contributed by atoms with E-state index in [1.807, 2.05) is 36.5 Å². The minimum Gasteiger partial charge on any atom is -0.311 e. The molecule has 0 radical (unpaired) electrons. The van der Waals surface area contributed by atoms with Crippen LogP contribution in [0.2, 0.25) is 0 Å². The lowest BCUT2D eigenvalue weighted by atomic mass is 9.90. The van der Waals surface area contributed by atoms with Crippen LogP contribution in [0.25, 0.3) is 85.9 Å². The molecule has 10 aromatic rings. The minimum atomic E-state index is 0.347. The van der Waals surface area contributed by atoms with Gasteiger partial charge in [-0.1, -0.05) is 153 Å². The number of rotatable bonds is 5. The molecule has 12 rings (SSSR count). The number of thiophene rings is 2. The molecule has 8 aromatic carbocycles. The molecule has 2 aliphatic carbocycles. The lowest BCUT2D eigenvalue weighted by Gasteiger charge is -2.27. The van der Waals surface area contributed by atoms with E-state index in [2.05, 4.69) is 199 Å². The lowest BCUT2D eigenvalue weighted by Crippen LogP contribution is -2.24. The first-order chi connectivity index (χ1) is 29.7. The Labute approximate surface area is 358 Å². The van der Waals surface area contributed by atoms with Crippen LogP contribution in [0, 0.1) is 5.92 Å². The van der Waals surface area contributed by atoms with Gasteiger partial charge in [0.2, 0.25) is 0 Å². The van der Waals surface area contributed by atoms with Crippen molar-refractivity contribution in [1.29, 1.82) is 0 Å². The zero-order valence-electron chi connectivity index (χ0n) is 33.7. The molecular formula is C57H43NS2. The van der Waals surface area contributed by atoms with Gasteiger partial charge in [0.25, 0.3) is 0 Å². The third-order valence-electron chi connectivity index (χ3n) is 12.2. The minimum absolute atomic E-state index is 0.347. The van der Waals surface area contributed by atoms with Crippen molar-refractivity contribution in [3.8, 4) is 11.1 Å². The van der Waals surface area contributed by atoms with Gasteiger partial charge in [0, 0.05) is 52.4 Å². The molecule has 0 spiro atoms. The molecule has 0 fully saturated rings. The molecule has 1 atom stereocenters. The molecule has 0 aliphatic heterocycles. The van der Waals surface area contributed by atoms with Gasteiger partial charge in [0.15, 0.2) is 0 Å². The Hall–Kier alpha value is -6.52. The maximum absolute atomic E-state index is 2.51. The van der Waals surface area contributed by atoms with Crippen molar-refractivity contribution in [2.45, 2.75) is 26.7 Å². The average Bonchev–Trinajstić information content (AvgIpc) is 3.78. The van der Waals surface area contributed by atoms with Crippen LogP contribution in [0.1, 0.15) is 26.7 Å². The van der Waals surface area contributed by atoms with Gasteiger partial charge < -0.3 is 4.90 Å². The molecule has 0 saturated heterocycles. The average molecular weight is 806 g/mol. The second-order valence-corrected chi connectivity index (χ2v) is 17.7. The zero-order chi connectivity index (χ0) is 40.2. The van der Waals surface area contributed by atoms with E-state index < -0.39 is 0 Å². The summed E-state index contributed by atoms with van der Waals surface area (Å²) in [6.07, 6.45) is 16.4. The van der Waals surface area contributed by atoms with Gasteiger partial charge in [-0.25, -0.2) is 0 Å². The summed E-state index contributed by atoms with van der Waals surface area (Å²) in [5.74, 6) is 0.347. The largest absolute Gasteiger partial charge is 0.311 e. The summed E-state index contributed by atoms with van der Waals surface area (Å²) in [6, 6.07) is 58.5. The monoisotopic (exact) mass is 805 g/mol. The van der Waals surface area contributed by atoms with Crippen molar-refractivity contribution in [2.75, 3.05) is 4.90 Å². The summed E-state index contributed by atoms with van der Waals surface area (Å²) in [6.45, 7) is 4.00. The summed E-state index contributed by atoms with van der Waals surface area (Å²) in [7, 11) is 0. The molecule has 2 aromatic heterocycles. The topological polar surface area (TPSA) is 3.24 Å². The van der Waals surface area contributed by atoms with Gasteiger partial charge in [-0.2, -0.15) is 0 Å². The van der Waals surface area contributed by atoms with Crippen molar-refractivity contribution in [3.05, 3.63) is 203 Å². The van der Waals surface area contributed by atoms with Crippen molar-refractivity contribution in [1.82, 2.24) is 0 Å². The van der Waals surface area contributed by atoms with Crippen LogP contribution in [0.5, 0.6) is 0 Å². The highest BCUT2D eigenvalue weighted by molar-refractivity contribution is 7.25. The normalized spacial score (nSPS) is 14.9. The zero-order valence-corrected chi connectivity index (χ0v) is 35.4. The van der Waals surface area contributed by atoms with Crippen molar-refractivity contribution < 1.29 is 0 Å². The Morgan fingerprint density at radius 3 is 1.77 bits per heavy atom. The maximum Gasteiger partial charge on any atom is 0.0468 e. The Morgan fingerprint density at radius 1 is 0.450 bits per heavy atom. The Morgan fingerprint density at radius 2 is 1.03 bits per heavy atom. The van der Waals surface area contributed by atoms with E-state index in [1.165, 1.54) is 94.7 Å². The number of nitrogens with zero attached hydrogens (tertiary/aromatic N) is 1. The van der Waals surface area contributed by atoms with Crippen molar-refractivity contribution in [3.63, 3.8) is 0 Å². The first-order valence-corrected chi connectivity index (χ1v) is 22.8. The second-order valence-electron chi connectivity index (χ2n) is 15.5. The van der Waals surface area contributed by atoms with E-state index in [9.17, 15) is 0 Å². The van der Waals surface area contributed by atoms with E-state index in [0.717, 1.165) is 24.2 Å². The van der Waals surface area contributed by atoms with Crippen molar-refractivity contribution >= 4 is 109 Å². The standard InChI is InChI=1S/C55H37NS2.C2H6/c1-2-14-44-42(12-1)43-13-3-4-15-45(43)49-34-41(28-29-46(44)49)56(40-26-21-36(22-27-40)38-24-31-55-51(33-38)48-17-6-8-19-53(48)58-55)39-11-9-10-35(20-25-39)37-23-30-54-50(32-37)47-16-5-7-18-52(47)57-54;1-2/h1-8,10-22,24-34,37H,9,23H2;1-2H3. The maximum atomic E-state index is 2.51. The van der Waals surface area contributed by atoms with E-state index in [1.54, 1.807) is 0 Å². The highest BCUT2D eigenvalue weighted by atomic mass is 32.1. The molecule has 3 heteroatoms. The van der Waals surface area contributed by atoms with Crippen LogP contribution in [0.15, 0.2) is 193 Å². The van der Waals surface area contributed by atoms with Crippen molar-refractivity contribution in [2.24, 2.45) is 5.92 Å². The molecular weight excluding hydrogens is 763 g/mol. The first-order valence-electron chi connectivity index (χ1n) is 21.2. The van der Waals surface area contributed by atoms with E-state index in [-0.39, 0.29) is 0 Å². The fraction of sp³-hybridized carbons (Fsp3) is 0.0877. The number of allylic oxidation sites excluding steroid dienone is 5. The molecule has 2 aliphatic rings. The predicted molar refractivity (Wildman–Crippen MR) is 265 cm³/mol. The van der Waals surface area contributed by atoms with Crippen LogP contribution < -0.4 is 14.7 Å². The van der Waals surface area contributed by atoms with Gasteiger partial charge in [-0.15, -0.1) is 22.7 Å². The molecule has 0 N–H and O–H groups in total. The summed E-state index contributed by atoms with van der Waals surface area (Å²) < 4.78 is 5.44. The second kappa shape index (κ2) is 15.3. The van der Waals surface area contributed by atoms with E-state index in [0.29, 0.717) is 5.92 Å². The van der Waals surface area contributed by atoms with Crippen LogP contribution in [-0.2, 0) is 0 Å². The van der Waals surface area contributed by atoms with Gasteiger partial charge in [0.1, 0.15) is 0 Å². The van der Waals surface area contributed by atoms with Crippen LogP contribution in [0.3, 0.4) is 0 Å². The molecule has 60 heavy (non-hydrogen) atoms. The SMILES string of the molecule is C1=CC(N(c2ccc(-c3ccc4sc5ccccc5c4c3)cc2)c2ccc3c4ccccc4c4ccccc4c3c2)=CCC=C1C1C=c2c(sc3ccccc23)=CC1.CC. The highest BCUT2D eigenvalue weighted by Crippen LogP contribution is 2.41. The highest BCUT2D eigenvalue weighted by Gasteiger charge is 2.20. The summed E-state index contributed by atoms with van der Waals surface area (Å²) in [5.41, 5.74) is 7.31. The number of hydrogen-bond acceptors (Lipinski definition) is 3. The summed E-state index contributed by atoms with van der Waals surface area (Å²) in [4.78, 5) is 2.46. The van der Waals surface area contributed by atoms with Crippen LogP contribution in [-0.4, -0.2) is 0 Å². The first kappa shape index (κ1) is 36.6. The molecule has 1 nitrogen and oxygen atoms in total. The van der Waals surface area contributed by atoms with Gasteiger partial charge >= 0.3 is 0 Å². The Kier molecular flexibility index (Phi) is 9.29. The number of anilines is 2. The molecule has 0 bridgehead atoms. The summed E-state index contributed by atoms with van der Waals surface area (Å²) >= 11 is 3.78. The predicted octanol–water partition coefficient (Wildman–Crippen LogP) is 15.6. The molecule has 1 unspecified atom stereocenters. The molecule has 0 amide bonds. The van der Waals surface area contributed by atoms with Crippen LogP contribution in [0.4, 0.5) is 11.4 Å². The van der Waals surface area contributed by atoms with Gasteiger partial charge in [0.05, 0.1) is 0 Å². The fourth-order valence-electron chi connectivity index (χ4n) is 9.41. The number of hydrogen-bond donors (Lipinski definition) is 0. The van der Waals surface area contributed by atoms with E-state index in [4.69, 9.17) is 0 Å². The third-order valence-corrected chi connectivity index (χ3v) is 14.6. The lowest BCUT2D eigenvalue weighted by molar-refractivity contribution is 0.852. The van der Waals surface area contributed by atoms with Crippen LogP contribution >= 0.6 is 22.7 Å². The smallest absolute Gasteiger partial charge is 0.0468 e. The molecule has 0 saturated carbocycles. The Balaban J connectivity index is 0.00000201. The van der Waals surface area contributed by atoms with Gasteiger partial charge in [-0.3, -0.25) is 0 Å². The number of fused-ring (bicyclic) bond motifs is 12. The third kappa shape index (κ3) is 6.20. The molecule has 288 valence electrons. The summed E-state index contributed by atoms with van der Waals surface area (Å²) in [5, 5.41) is 13.1. The van der Waals surface area contributed by atoms with Gasteiger partial charge in [-0.05, 0) is 127 Å². The number of benzene rings is 8. The fourth-order valence-corrected chi connectivity index (χ4v) is 11.6. The molecule has 2 heterocycles. The van der Waals surface area contributed by atoms with E-state index >= 15 is 0 Å². The quantitative estimate of drug-likeness (QED) is 0.157.